The Morgan fingerprint density at radius 3 is 2.89 bits per heavy atom. The highest BCUT2D eigenvalue weighted by atomic mass is 16.4. The maximum Gasteiger partial charge on any atom is 0.303 e. The lowest BCUT2D eigenvalue weighted by Crippen LogP contribution is -2.51. The Morgan fingerprint density at radius 2 is 2.33 bits per heavy atom. The summed E-state index contributed by atoms with van der Waals surface area (Å²) in [6.45, 7) is 0.508. The molecule has 0 aromatic rings. The van der Waals surface area contributed by atoms with E-state index in [4.69, 9.17) is 10.8 Å². The molecular weight excluding hydrogens is 226 g/mol. The molecule has 0 aromatic heterocycles. The molecule has 0 aromatic carbocycles. The van der Waals surface area contributed by atoms with Gasteiger partial charge in [0.15, 0.2) is 0 Å². The number of hydrogen-bond acceptors (Lipinski definition) is 2. The first-order chi connectivity index (χ1) is 8.63. The van der Waals surface area contributed by atoms with Crippen molar-refractivity contribution in [3.63, 3.8) is 0 Å². The Labute approximate surface area is 108 Å². The summed E-state index contributed by atoms with van der Waals surface area (Å²) in [6, 6.07) is 0. The van der Waals surface area contributed by atoms with Crippen LogP contribution in [0.25, 0.3) is 0 Å². The number of aliphatic carboxylic acids is 1. The Kier molecular flexibility index (Phi) is 2.81. The first-order valence-corrected chi connectivity index (χ1v) is 6.91. The summed E-state index contributed by atoms with van der Waals surface area (Å²) in [5.74, 6) is 1.13. The van der Waals surface area contributed by atoms with Crippen molar-refractivity contribution in [2.24, 2.45) is 28.9 Å². The molecule has 3 N–H and O–H groups in total. The lowest BCUT2D eigenvalue weighted by atomic mass is 9.53. The van der Waals surface area contributed by atoms with Crippen LogP contribution in [-0.4, -0.2) is 17.6 Å². The largest absolute Gasteiger partial charge is 0.481 e. The molecule has 98 valence electrons. The fourth-order valence-corrected chi connectivity index (χ4v) is 4.05. The predicted octanol–water partition coefficient (Wildman–Crippen LogP) is 2.34. The van der Waals surface area contributed by atoms with Crippen LogP contribution < -0.4 is 5.73 Å². The Balaban J connectivity index is 1.68. The first-order valence-electron chi connectivity index (χ1n) is 6.91. The molecule has 3 heteroatoms. The van der Waals surface area contributed by atoms with Gasteiger partial charge in [-0.15, -0.1) is 0 Å². The molecule has 0 amide bonds. The molecule has 1 fully saturated rings. The summed E-state index contributed by atoms with van der Waals surface area (Å²) in [4.78, 5) is 11.0. The third-order valence-electron chi connectivity index (χ3n) is 5.10. The Morgan fingerprint density at radius 1 is 1.56 bits per heavy atom. The molecule has 0 bridgehead atoms. The molecule has 1 unspecified atom stereocenters. The van der Waals surface area contributed by atoms with Crippen LogP contribution in [0.3, 0.4) is 0 Å². The Hall–Kier alpha value is -1.09. The summed E-state index contributed by atoms with van der Waals surface area (Å²) >= 11 is 0. The maximum atomic E-state index is 11.0. The van der Waals surface area contributed by atoms with Gasteiger partial charge in [0.25, 0.3) is 0 Å². The number of nitrogens with two attached hydrogens (primary N) is 1. The second-order valence-corrected chi connectivity index (χ2v) is 6.28. The first kappa shape index (κ1) is 12.0. The molecule has 18 heavy (non-hydrogen) atoms. The minimum Gasteiger partial charge on any atom is -0.481 e. The van der Waals surface area contributed by atoms with E-state index in [1.54, 1.807) is 5.57 Å². The second-order valence-electron chi connectivity index (χ2n) is 6.28. The minimum absolute atomic E-state index is 0.145. The fourth-order valence-electron chi connectivity index (χ4n) is 4.05. The van der Waals surface area contributed by atoms with Gasteiger partial charge in [-0.2, -0.15) is 0 Å². The van der Waals surface area contributed by atoms with Gasteiger partial charge in [0.1, 0.15) is 0 Å². The highest BCUT2D eigenvalue weighted by Crippen LogP contribution is 2.59. The van der Waals surface area contributed by atoms with Crippen molar-refractivity contribution in [2.45, 2.75) is 32.1 Å². The molecule has 3 nitrogen and oxygen atoms in total. The number of rotatable bonds is 5. The standard InChI is InChI=1S/C15H21NO2/c16-9-15(8-14(17)18)7-12-5-11(6-13(12)15)4-10-2-1-3-10/h1-2,6,10,12-13H,3-5,7-9,16H2,(H,17,18)/t10?,12-,13-,15-/m0/s1. The lowest BCUT2D eigenvalue weighted by Gasteiger charge is -2.51. The van der Waals surface area contributed by atoms with Crippen molar-refractivity contribution in [1.82, 2.24) is 0 Å². The molecule has 3 aliphatic carbocycles. The lowest BCUT2D eigenvalue weighted by molar-refractivity contribution is -0.144. The van der Waals surface area contributed by atoms with E-state index >= 15 is 0 Å². The molecular formula is C15H21NO2. The van der Waals surface area contributed by atoms with E-state index in [2.05, 4.69) is 18.2 Å². The van der Waals surface area contributed by atoms with Crippen molar-refractivity contribution in [1.29, 1.82) is 0 Å². The second kappa shape index (κ2) is 4.23. The van der Waals surface area contributed by atoms with Crippen LogP contribution in [0.1, 0.15) is 32.1 Å². The van der Waals surface area contributed by atoms with Gasteiger partial charge in [0, 0.05) is 0 Å². The van der Waals surface area contributed by atoms with Gasteiger partial charge < -0.3 is 10.8 Å². The molecule has 3 aliphatic rings. The third-order valence-corrected chi connectivity index (χ3v) is 5.10. The zero-order chi connectivity index (χ0) is 12.8. The molecule has 4 atom stereocenters. The van der Waals surface area contributed by atoms with Crippen molar-refractivity contribution in [3.05, 3.63) is 23.8 Å². The zero-order valence-corrected chi connectivity index (χ0v) is 10.6. The SMILES string of the molecule is NC[C@@]1(CC(=O)O)C[C@@H]2CC(CC3C=CC3)=C[C@@H]21. The van der Waals surface area contributed by atoms with E-state index in [-0.39, 0.29) is 11.8 Å². The molecule has 3 rings (SSSR count). The van der Waals surface area contributed by atoms with Gasteiger partial charge in [-0.3, -0.25) is 4.79 Å². The average Bonchev–Trinajstić information content (AvgIpc) is 2.59. The summed E-state index contributed by atoms with van der Waals surface area (Å²) < 4.78 is 0. The normalized spacial score (nSPS) is 40.7. The Bertz CT molecular complexity index is 426. The summed E-state index contributed by atoms with van der Waals surface area (Å²) in [6.07, 6.45) is 11.7. The van der Waals surface area contributed by atoms with Crippen LogP contribution in [0.5, 0.6) is 0 Å². The number of carboxylic acids is 1. The van der Waals surface area contributed by atoms with Gasteiger partial charge in [-0.25, -0.2) is 0 Å². The van der Waals surface area contributed by atoms with Crippen molar-refractivity contribution in [2.75, 3.05) is 6.54 Å². The number of hydrogen-bond donors (Lipinski definition) is 2. The van der Waals surface area contributed by atoms with Gasteiger partial charge in [-0.05, 0) is 55.4 Å². The van der Waals surface area contributed by atoms with Crippen LogP contribution in [0.15, 0.2) is 23.8 Å². The average molecular weight is 247 g/mol. The molecule has 1 saturated carbocycles. The number of fused-ring (bicyclic) bond motifs is 1. The highest BCUT2D eigenvalue weighted by molar-refractivity contribution is 5.68. The van der Waals surface area contributed by atoms with Crippen LogP contribution >= 0.6 is 0 Å². The maximum absolute atomic E-state index is 11.0. The fraction of sp³-hybridized carbons (Fsp3) is 0.667. The van der Waals surface area contributed by atoms with Crippen molar-refractivity contribution in [3.8, 4) is 0 Å². The summed E-state index contributed by atoms with van der Waals surface area (Å²) in [5, 5.41) is 9.04. The minimum atomic E-state index is -0.706. The smallest absolute Gasteiger partial charge is 0.303 e. The topological polar surface area (TPSA) is 63.3 Å². The van der Waals surface area contributed by atoms with Crippen LogP contribution in [0.4, 0.5) is 0 Å². The van der Waals surface area contributed by atoms with Crippen molar-refractivity contribution < 1.29 is 9.90 Å². The van der Waals surface area contributed by atoms with E-state index in [1.165, 1.54) is 19.3 Å². The van der Waals surface area contributed by atoms with E-state index in [0.29, 0.717) is 18.4 Å². The van der Waals surface area contributed by atoms with E-state index < -0.39 is 5.97 Å². The molecule has 0 radical (unpaired) electrons. The van der Waals surface area contributed by atoms with Gasteiger partial charge in [0.05, 0.1) is 6.42 Å². The quantitative estimate of drug-likeness (QED) is 0.733. The van der Waals surface area contributed by atoms with E-state index in [9.17, 15) is 4.79 Å². The van der Waals surface area contributed by atoms with Gasteiger partial charge in [0.2, 0.25) is 0 Å². The van der Waals surface area contributed by atoms with Crippen LogP contribution in [0.2, 0.25) is 0 Å². The summed E-state index contributed by atoms with van der Waals surface area (Å²) in [7, 11) is 0. The molecule has 0 heterocycles. The van der Waals surface area contributed by atoms with Crippen LogP contribution in [0, 0.1) is 23.2 Å². The van der Waals surface area contributed by atoms with Crippen molar-refractivity contribution >= 4 is 5.97 Å². The molecule has 0 spiro atoms. The third kappa shape index (κ3) is 1.81. The van der Waals surface area contributed by atoms with Gasteiger partial charge >= 0.3 is 5.97 Å². The van der Waals surface area contributed by atoms with Gasteiger partial charge in [-0.1, -0.05) is 23.8 Å². The highest BCUT2D eigenvalue weighted by Gasteiger charge is 2.54. The molecule has 0 saturated heterocycles. The van der Waals surface area contributed by atoms with E-state index in [1.807, 2.05) is 0 Å². The van der Waals surface area contributed by atoms with Crippen LogP contribution in [-0.2, 0) is 4.79 Å². The monoisotopic (exact) mass is 247 g/mol. The number of allylic oxidation sites excluding steroid dienone is 4. The molecule has 0 aliphatic heterocycles. The summed E-state index contributed by atoms with van der Waals surface area (Å²) in [5.41, 5.74) is 7.25. The number of carboxylic acid groups (broad SMARTS) is 1. The zero-order valence-electron chi connectivity index (χ0n) is 10.6. The van der Waals surface area contributed by atoms with E-state index in [0.717, 1.165) is 12.3 Å². The predicted molar refractivity (Wildman–Crippen MR) is 69.9 cm³/mol. The number of carbonyl (C=O) groups is 1.